The van der Waals surface area contributed by atoms with Crippen LogP contribution in [0.1, 0.15) is 18.4 Å². The molecule has 3 aliphatic rings. The maximum Gasteiger partial charge on any atom is 0.309 e. The lowest BCUT2D eigenvalue weighted by Crippen LogP contribution is -2.36. The van der Waals surface area contributed by atoms with Crippen molar-refractivity contribution in [2.24, 2.45) is 17.8 Å². The lowest BCUT2D eigenvalue weighted by atomic mass is 9.88. The van der Waals surface area contributed by atoms with Gasteiger partial charge >= 0.3 is 5.97 Å². The molecule has 1 aromatic rings. The molecule has 21 heavy (non-hydrogen) atoms. The zero-order chi connectivity index (χ0) is 14.8. The van der Waals surface area contributed by atoms with Gasteiger partial charge in [0.1, 0.15) is 12.2 Å². The van der Waals surface area contributed by atoms with Gasteiger partial charge in [-0.15, -0.1) is 0 Å². The largest absolute Gasteiger partial charge is 0.459 e. The van der Waals surface area contributed by atoms with Crippen molar-refractivity contribution in [1.29, 1.82) is 0 Å². The molecule has 1 aliphatic heterocycles. The van der Waals surface area contributed by atoms with Gasteiger partial charge in [-0.2, -0.15) is 8.42 Å². The molecule has 5 unspecified atom stereocenters. The number of rotatable bonds is 3. The highest BCUT2D eigenvalue weighted by Crippen LogP contribution is 2.55. The van der Waals surface area contributed by atoms with Crippen LogP contribution in [0, 0.1) is 24.7 Å². The van der Waals surface area contributed by atoms with Crippen molar-refractivity contribution in [3.63, 3.8) is 0 Å². The maximum atomic E-state index is 12.4. The molecule has 2 saturated carbocycles. The average molecular weight is 308 g/mol. The number of ether oxygens (including phenoxy) is 1. The van der Waals surface area contributed by atoms with Gasteiger partial charge in [0.2, 0.25) is 0 Å². The molecule has 1 saturated heterocycles. The molecule has 0 spiro atoms. The molecule has 0 aromatic heterocycles. The molecule has 1 heterocycles. The maximum absolute atomic E-state index is 12.4. The predicted octanol–water partition coefficient (Wildman–Crippen LogP) is 1.65. The summed E-state index contributed by atoms with van der Waals surface area (Å²) in [5, 5.41) is 0. The Morgan fingerprint density at radius 2 is 1.90 bits per heavy atom. The molecule has 112 valence electrons. The lowest BCUT2D eigenvalue weighted by molar-refractivity contribution is -0.145. The molecule has 3 fully saturated rings. The van der Waals surface area contributed by atoms with E-state index in [4.69, 9.17) is 8.92 Å². The van der Waals surface area contributed by atoms with E-state index in [1.165, 1.54) is 0 Å². The molecule has 0 radical (unpaired) electrons. The zero-order valence-corrected chi connectivity index (χ0v) is 12.4. The van der Waals surface area contributed by atoms with Crippen molar-refractivity contribution in [2.45, 2.75) is 36.9 Å². The number of hydrogen-bond donors (Lipinski definition) is 0. The van der Waals surface area contributed by atoms with E-state index >= 15 is 0 Å². The van der Waals surface area contributed by atoms with Crippen molar-refractivity contribution >= 4 is 16.1 Å². The number of aryl methyl sites for hydroxylation is 1. The smallest absolute Gasteiger partial charge is 0.309 e. The van der Waals surface area contributed by atoms with Crippen molar-refractivity contribution in [1.82, 2.24) is 0 Å². The summed E-state index contributed by atoms with van der Waals surface area (Å²) < 4.78 is 35.5. The van der Waals surface area contributed by atoms with Crippen LogP contribution < -0.4 is 0 Å². The summed E-state index contributed by atoms with van der Waals surface area (Å²) in [6, 6.07) is 6.56. The normalized spacial score (nSPS) is 37.0. The van der Waals surface area contributed by atoms with Gasteiger partial charge in [0.25, 0.3) is 10.1 Å². The Labute approximate surface area is 123 Å². The first-order valence-corrected chi connectivity index (χ1v) is 8.57. The summed E-state index contributed by atoms with van der Waals surface area (Å²) in [5.74, 6) is 0.0191. The number of benzene rings is 1. The van der Waals surface area contributed by atoms with Gasteiger partial charge in [0.05, 0.1) is 10.8 Å². The highest BCUT2D eigenvalue weighted by molar-refractivity contribution is 7.86. The summed E-state index contributed by atoms with van der Waals surface area (Å²) in [6.07, 6.45) is 0.606. The Bertz CT molecular complexity index is 693. The first-order valence-electron chi connectivity index (χ1n) is 7.16. The minimum Gasteiger partial charge on any atom is -0.459 e. The van der Waals surface area contributed by atoms with E-state index in [2.05, 4.69) is 0 Å². The summed E-state index contributed by atoms with van der Waals surface area (Å²) in [5.41, 5.74) is 0.987. The van der Waals surface area contributed by atoms with Crippen molar-refractivity contribution in [3.05, 3.63) is 29.8 Å². The summed E-state index contributed by atoms with van der Waals surface area (Å²) in [4.78, 5) is 11.8. The van der Waals surface area contributed by atoms with Crippen LogP contribution in [-0.4, -0.2) is 26.6 Å². The van der Waals surface area contributed by atoms with E-state index in [0.717, 1.165) is 12.0 Å². The fraction of sp³-hybridized carbons (Fsp3) is 0.533. The van der Waals surface area contributed by atoms with Crippen molar-refractivity contribution < 1.29 is 22.1 Å². The molecular weight excluding hydrogens is 292 g/mol. The van der Waals surface area contributed by atoms with E-state index in [-0.39, 0.29) is 34.7 Å². The van der Waals surface area contributed by atoms with E-state index in [0.29, 0.717) is 6.42 Å². The summed E-state index contributed by atoms with van der Waals surface area (Å²) >= 11 is 0. The van der Waals surface area contributed by atoms with Gasteiger partial charge in [0.15, 0.2) is 0 Å². The van der Waals surface area contributed by atoms with Crippen molar-refractivity contribution in [2.75, 3.05) is 0 Å². The molecule has 0 amide bonds. The van der Waals surface area contributed by atoms with Gasteiger partial charge in [-0.25, -0.2) is 0 Å². The van der Waals surface area contributed by atoms with Gasteiger partial charge in [0, 0.05) is 5.92 Å². The Morgan fingerprint density at radius 1 is 1.19 bits per heavy atom. The van der Waals surface area contributed by atoms with Crippen LogP contribution >= 0.6 is 0 Å². The quantitative estimate of drug-likeness (QED) is 0.627. The molecule has 2 aliphatic carbocycles. The number of esters is 1. The molecule has 2 bridgehead atoms. The Morgan fingerprint density at radius 3 is 2.62 bits per heavy atom. The topological polar surface area (TPSA) is 69.7 Å². The fourth-order valence-corrected chi connectivity index (χ4v) is 5.08. The predicted molar refractivity (Wildman–Crippen MR) is 72.8 cm³/mol. The van der Waals surface area contributed by atoms with Gasteiger partial charge in [-0.1, -0.05) is 17.7 Å². The monoisotopic (exact) mass is 308 g/mol. The van der Waals surface area contributed by atoms with Gasteiger partial charge in [-0.05, 0) is 37.8 Å². The number of hydrogen-bond acceptors (Lipinski definition) is 5. The minimum absolute atomic E-state index is 0.0399. The van der Waals surface area contributed by atoms with E-state index in [1.807, 2.05) is 6.92 Å². The first kappa shape index (κ1) is 13.3. The molecule has 6 heteroatoms. The van der Waals surface area contributed by atoms with Crippen LogP contribution in [0.3, 0.4) is 0 Å². The van der Waals surface area contributed by atoms with E-state index in [1.54, 1.807) is 24.3 Å². The summed E-state index contributed by atoms with van der Waals surface area (Å²) in [6.45, 7) is 1.89. The van der Waals surface area contributed by atoms with Crippen LogP contribution in [0.4, 0.5) is 0 Å². The fourth-order valence-electron chi connectivity index (χ4n) is 3.94. The third-order valence-corrected chi connectivity index (χ3v) is 6.29. The number of fused-ring (bicyclic) bond motifs is 1. The molecule has 4 rings (SSSR count). The third-order valence-electron chi connectivity index (χ3n) is 4.96. The Hall–Kier alpha value is -1.40. The minimum atomic E-state index is -3.82. The second-order valence-electron chi connectivity index (χ2n) is 6.23. The van der Waals surface area contributed by atoms with Crippen LogP contribution in [0.2, 0.25) is 0 Å². The van der Waals surface area contributed by atoms with Crippen molar-refractivity contribution in [3.8, 4) is 0 Å². The molecule has 5 atom stereocenters. The Kier molecular flexibility index (Phi) is 2.72. The number of carbonyl (C=O) groups excluding carboxylic acids is 1. The zero-order valence-electron chi connectivity index (χ0n) is 11.6. The van der Waals surface area contributed by atoms with Crippen LogP contribution in [-0.2, 0) is 23.8 Å². The standard InChI is InChI=1S/C15H16O5S/c1-8-2-4-10(5-3-8)21(17,18)20-13-9-6-11-12(7-9)15(16)19-14(11)13/h2-5,9,11-14H,6-7H2,1H3. The van der Waals surface area contributed by atoms with E-state index in [9.17, 15) is 13.2 Å². The summed E-state index contributed by atoms with van der Waals surface area (Å²) in [7, 11) is -3.82. The number of carbonyl (C=O) groups is 1. The van der Waals surface area contributed by atoms with E-state index < -0.39 is 16.2 Å². The second kappa shape index (κ2) is 4.30. The second-order valence-corrected chi connectivity index (χ2v) is 7.80. The van der Waals surface area contributed by atoms with Gasteiger partial charge < -0.3 is 4.74 Å². The molecule has 1 aromatic carbocycles. The average Bonchev–Trinajstić information content (AvgIpc) is 3.04. The van der Waals surface area contributed by atoms with Crippen LogP contribution in [0.15, 0.2) is 29.2 Å². The van der Waals surface area contributed by atoms with Crippen LogP contribution in [0.25, 0.3) is 0 Å². The van der Waals surface area contributed by atoms with Crippen LogP contribution in [0.5, 0.6) is 0 Å². The lowest BCUT2D eigenvalue weighted by Gasteiger charge is -2.24. The third kappa shape index (κ3) is 1.92. The Balaban J connectivity index is 1.59. The van der Waals surface area contributed by atoms with Gasteiger partial charge in [-0.3, -0.25) is 8.98 Å². The molecule has 5 nitrogen and oxygen atoms in total. The first-order chi connectivity index (χ1) is 9.95. The molecular formula is C15H16O5S. The SMILES string of the molecule is Cc1ccc(S(=O)(=O)OC2C3CC4C(=O)OC2C4C3)cc1. The highest BCUT2D eigenvalue weighted by Gasteiger charge is 2.63. The molecule has 0 N–H and O–H groups in total. The highest BCUT2D eigenvalue weighted by atomic mass is 32.2.